The van der Waals surface area contributed by atoms with Gasteiger partial charge in [-0.1, -0.05) is 30.3 Å². The van der Waals surface area contributed by atoms with Crippen molar-refractivity contribution < 1.29 is 14.3 Å². The summed E-state index contributed by atoms with van der Waals surface area (Å²) in [4.78, 5) is 26.5. The molecule has 2 N–H and O–H groups in total. The Hall–Kier alpha value is -2.83. The number of aromatic amines is 1. The summed E-state index contributed by atoms with van der Waals surface area (Å²) in [6.45, 7) is 8.32. The number of carbonyl (C=O) groups is 2. The third kappa shape index (κ3) is 4.48. The van der Waals surface area contributed by atoms with E-state index >= 15 is 0 Å². The molecule has 1 aliphatic rings. The van der Waals surface area contributed by atoms with Gasteiger partial charge in [-0.15, -0.1) is 0 Å². The molecule has 7 nitrogen and oxygen atoms in total. The standard InChI is InChI=1S/C20H26N4O3/c1-13(14-8-6-5-7-9-14)21-18(25)17-15-10-11-24(12-16(15)22-23-17)19(26)27-20(2,3)4/h5-9,13H,10-12H2,1-4H3,(H,21,25)(H,22,23). The number of fused-ring (bicyclic) bond motifs is 1. The van der Waals surface area contributed by atoms with E-state index in [0.717, 1.165) is 16.8 Å². The van der Waals surface area contributed by atoms with Crippen LogP contribution in [0.15, 0.2) is 30.3 Å². The quantitative estimate of drug-likeness (QED) is 0.869. The van der Waals surface area contributed by atoms with Gasteiger partial charge in [-0.25, -0.2) is 4.79 Å². The average Bonchev–Trinajstić information content (AvgIpc) is 3.04. The highest BCUT2D eigenvalue weighted by atomic mass is 16.6. The van der Waals surface area contributed by atoms with E-state index in [1.807, 2.05) is 58.0 Å². The molecular formula is C20H26N4O3. The highest BCUT2D eigenvalue weighted by Crippen LogP contribution is 2.23. The Morgan fingerprint density at radius 3 is 2.63 bits per heavy atom. The molecule has 7 heteroatoms. The van der Waals surface area contributed by atoms with Crippen molar-refractivity contribution in [2.45, 2.75) is 52.3 Å². The van der Waals surface area contributed by atoms with Gasteiger partial charge in [-0.3, -0.25) is 9.89 Å². The Balaban J connectivity index is 1.67. The van der Waals surface area contributed by atoms with Gasteiger partial charge in [-0.2, -0.15) is 5.10 Å². The molecule has 0 aliphatic carbocycles. The highest BCUT2D eigenvalue weighted by molar-refractivity contribution is 5.94. The molecule has 1 aliphatic heterocycles. The van der Waals surface area contributed by atoms with Crippen molar-refractivity contribution in [3.05, 3.63) is 52.8 Å². The number of nitrogens with one attached hydrogen (secondary N) is 2. The molecule has 144 valence electrons. The topological polar surface area (TPSA) is 87.3 Å². The predicted octanol–water partition coefficient (Wildman–Crippen LogP) is 3.19. The van der Waals surface area contributed by atoms with Crippen molar-refractivity contribution in [1.29, 1.82) is 0 Å². The molecule has 2 amide bonds. The van der Waals surface area contributed by atoms with E-state index in [2.05, 4.69) is 15.5 Å². The van der Waals surface area contributed by atoms with Crippen molar-refractivity contribution >= 4 is 12.0 Å². The molecule has 0 bridgehead atoms. The van der Waals surface area contributed by atoms with Crippen LogP contribution in [0.5, 0.6) is 0 Å². The van der Waals surface area contributed by atoms with E-state index < -0.39 is 5.60 Å². The predicted molar refractivity (Wildman–Crippen MR) is 101 cm³/mol. The summed E-state index contributed by atoms with van der Waals surface area (Å²) in [5.41, 5.74) is 2.55. The van der Waals surface area contributed by atoms with Crippen molar-refractivity contribution in [2.24, 2.45) is 0 Å². The number of amides is 2. The Morgan fingerprint density at radius 2 is 1.96 bits per heavy atom. The second-order valence-corrected chi connectivity index (χ2v) is 7.79. The van der Waals surface area contributed by atoms with E-state index in [0.29, 0.717) is 25.2 Å². The van der Waals surface area contributed by atoms with Gasteiger partial charge in [0, 0.05) is 12.1 Å². The van der Waals surface area contributed by atoms with Crippen LogP contribution in [0.1, 0.15) is 61.0 Å². The Kier molecular flexibility index (Phi) is 5.21. The summed E-state index contributed by atoms with van der Waals surface area (Å²) in [7, 11) is 0. The molecule has 2 heterocycles. The lowest BCUT2D eigenvalue weighted by molar-refractivity contribution is 0.0221. The van der Waals surface area contributed by atoms with Gasteiger partial charge in [0.2, 0.25) is 0 Å². The third-order valence-corrected chi connectivity index (χ3v) is 4.45. The van der Waals surface area contributed by atoms with Crippen LogP contribution in [-0.2, 0) is 17.7 Å². The number of ether oxygens (including phenoxy) is 1. The molecule has 27 heavy (non-hydrogen) atoms. The molecule has 0 saturated carbocycles. The van der Waals surface area contributed by atoms with Gasteiger partial charge < -0.3 is 15.0 Å². The first kappa shape index (κ1) is 18.9. The lowest BCUT2D eigenvalue weighted by Crippen LogP contribution is -2.40. The summed E-state index contributed by atoms with van der Waals surface area (Å²) in [5, 5.41) is 10.1. The van der Waals surface area contributed by atoms with Crippen molar-refractivity contribution in [3.8, 4) is 0 Å². The number of H-pyrrole nitrogens is 1. The maximum Gasteiger partial charge on any atom is 0.410 e. The zero-order valence-corrected chi connectivity index (χ0v) is 16.2. The fourth-order valence-corrected chi connectivity index (χ4v) is 3.08. The number of rotatable bonds is 3. The minimum absolute atomic E-state index is 0.118. The number of nitrogens with zero attached hydrogens (tertiary/aromatic N) is 2. The van der Waals surface area contributed by atoms with Crippen LogP contribution in [0.2, 0.25) is 0 Å². The fourth-order valence-electron chi connectivity index (χ4n) is 3.08. The molecule has 0 saturated heterocycles. The van der Waals surface area contributed by atoms with Crippen molar-refractivity contribution in [3.63, 3.8) is 0 Å². The Morgan fingerprint density at radius 1 is 1.26 bits per heavy atom. The van der Waals surface area contributed by atoms with E-state index in [9.17, 15) is 9.59 Å². The second-order valence-electron chi connectivity index (χ2n) is 7.79. The lowest BCUT2D eigenvalue weighted by Gasteiger charge is -2.29. The molecule has 2 aromatic rings. The SMILES string of the molecule is CC(NC(=O)c1n[nH]c2c1CCN(C(=O)OC(C)(C)C)C2)c1ccccc1. The largest absolute Gasteiger partial charge is 0.444 e. The molecule has 0 fully saturated rings. The van der Waals surface area contributed by atoms with Gasteiger partial charge in [-0.05, 0) is 39.7 Å². The Bertz CT molecular complexity index is 823. The summed E-state index contributed by atoms with van der Waals surface area (Å²) in [6, 6.07) is 9.67. The van der Waals surface area contributed by atoms with E-state index in [1.54, 1.807) is 4.90 Å². The molecule has 3 rings (SSSR count). The molecule has 1 aromatic carbocycles. The first-order chi connectivity index (χ1) is 12.7. The van der Waals surface area contributed by atoms with Crippen LogP contribution in [0, 0.1) is 0 Å². The maximum atomic E-state index is 12.7. The summed E-state index contributed by atoms with van der Waals surface area (Å²) < 4.78 is 5.42. The van der Waals surface area contributed by atoms with Gasteiger partial charge in [0.25, 0.3) is 5.91 Å². The molecular weight excluding hydrogens is 344 g/mol. The van der Waals surface area contributed by atoms with E-state index in [1.165, 1.54) is 0 Å². The lowest BCUT2D eigenvalue weighted by atomic mass is 10.0. The van der Waals surface area contributed by atoms with E-state index in [4.69, 9.17) is 4.74 Å². The fraction of sp³-hybridized carbons (Fsp3) is 0.450. The molecule has 1 aromatic heterocycles. The molecule has 1 atom stereocenters. The second kappa shape index (κ2) is 7.42. The molecule has 1 unspecified atom stereocenters. The van der Waals surface area contributed by atoms with Crippen LogP contribution in [-0.4, -0.2) is 39.2 Å². The number of hydrogen-bond donors (Lipinski definition) is 2. The van der Waals surface area contributed by atoms with Gasteiger partial charge >= 0.3 is 6.09 Å². The van der Waals surface area contributed by atoms with Gasteiger partial charge in [0.15, 0.2) is 5.69 Å². The minimum atomic E-state index is -0.538. The Labute approximate surface area is 159 Å². The average molecular weight is 370 g/mol. The monoisotopic (exact) mass is 370 g/mol. The zero-order chi connectivity index (χ0) is 19.6. The number of benzene rings is 1. The smallest absolute Gasteiger partial charge is 0.410 e. The van der Waals surface area contributed by atoms with Gasteiger partial charge in [0.05, 0.1) is 18.3 Å². The highest BCUT2D eigenvalue weighted by Gasteiger charge is 2.30. The first-order valence-corrected chi connectivity index (χ1v) is 9.14. The number of carbonyl (C=O) groups excluding carboxylic acids is 2. The zero-order valence-electron chi connectivity index (χ0n) is 16.2. The van der Waals surface area contributed by atoms with Crippen LogP contribution in [0.25, 0.3) is 0 Å². The van der Waals surface area contributed by atoms with E-state index in [-0.39, 0.29) is 18.0 Å². The maximum absolute atomic E-state index is 12.7. The summed E-state index contributed by atoms with van der Waals surface area (Å²) in [6.07, 6.45) is 0.208. The van der Waals surface area contributed by atoms with Gasteiger partial charge in [0.1, 0.15) is 5.60 Å². The van der Waals surface area contributed by atoms with Crippen molar-refractivity contribution in [1.82, 2.24) is 20.4 Å². The first-order valence-electron chi connectivity index (χ1n) is 9.14. The minimum Gasteiger partial charge on any atom is -0.444 e. The number of hydrogen-bond acceptors (Lipinski definition) is 4. The van der Waals surface area contributed by atoms with Crippen LogP contribution < -0.4 is 5.32 Å². The third-order valence-electron chi connectivity index (χ3n) is 4.45. The normalized spacial score (nSPS) is 15.0. The van der Waals surface area contributed by atoms with Crippen molar-refractivity contribution in [2.75, 3.05) is 6.54 Å². The van der Waals surface area contributed by atoms with Crippen LogP contribution >= 0.6 is 0 Å². The summed E-state index contributed by atoms with van der Waals surface area (Å²) >= 11 is 0. The summed E-state index contributed by atoms with van der Waals surface area (Å²) in [5.74, 6) is -0.213. The number of aromatic nitrogens is 2. The van der Waals surface area contributed by atoms with Crippen LogP contribution in [0.3, 0.4) is 0 Å². The molecule has 0 spiro atoms. The van der Waals surface area contributed by atoms with Crippen LogP contribution in [0.4, 0.5) is 4.79 Å². The molecule has 0 radical (unpaired) electrons.